The highest BCUT2D eigenvalue weighted by atomic mass is 32.2. The molecule has 0 aromatic rings. The third-order valence-electron chi connectivity index (χ3n) is 4.86. The molecule has 0 aromatic carbocycles. The number of sulfone groups is 1. The Balaban J connectivity index is 2.01. The quantitative estimate of drug-likeness (QED) is 0.857. The lowest BCUT2D eigenvalue weighted by molar-refractivity contribution is -0.00697. The van der Waals surface area contributed by atoms with E-state index >= 15 is 0 Å². The zero-order valence-electron chi connectivity index (χ0n) is 11.9. The fourth-order valence-electron chi connectivity index (χ4n) is 3.71. The van der Waals surface area contributed by atoms with Crippen molar-refractivity contribution >= 4 is 9.84 Å². The summed E-state index contributed by atoms with van der Waals surface area (Å²) in [4.78, 5) is 0. The molecule has 1 N–H and O–H groups in total. The highest BCUT2D eigenvalue weighted by Gasteiger charge is 2.40. The summed E-state index contributed by atoms with van der Waals surface area (Å²) in [6.07, 6.45) is 6.10. The van der Waals surface area contributed by atoms with Crippen molar-refractivity contribution < 1.29 is 18.3 Å². The van der Waals surface area contributed by atoms with Crippen LogP contribution in [0.1, 0.15) is 45.4 Å². The van der Waals surface area contributed by atoms with Gasteiger partial charge in [-0.15, -0.1) is 0 Å². The summed E-state index contributed by atoms with van der Waals surface area (Å²) < 4.78 is 29.0. The normalized spacial score (nSPS) is 38.3. The minimum atomic E-state index is -2.98. The van der Waals surface area contributed by atoms with Gasteiger partial charge in [0.1, 0.15) is 9.84 Å². The molecular weight excluding hydrogens is 264 g/mol. The Bertz CT molecular complexity index is 392. The van der Waals surface area contributed by atoms with E-state index in [1.807, 2.05) is 0 Å². The summed E-state index contributed by atoms with van der Waals surface area (Å²) in [5.41, 5.74) is 0. The van der Waals surface area contributed by atoms with E-state index < -0.39 is 15.9 Å². The predicted octanol–water partition coefficient (Wildman–Crippen LogP) is 1.77. The van der Waals surface area contributed by atoms with E-state index in [4.69, 9.17) is 4.74 Å². The summed E-state index contributed by atoms with van der Waals surface area (Å²) in [6.45, 7) is 2.80. The van der Waals surface area contributed by atoms with E-state index in [0.717, 1.165) is 38.7 Å². The van der Waals surface area contributed by atoms with Crippen LogP contribution in [0.2, 0.25) is 0 Å². The summed E-state index contributed by atoms with van der Waals surface area (Å²) in [6, 6.07) is 0. The first-order chi connectivity index (χ1) is 8.93. The molecule has 5 heteroatoms. The molecule has 1 saturated carbocycles. The average Bonchev–Trinajstić information content (AvgIpc) is 2.85. The molecule has 2 rings (SSSR count). The molecule has 5 atom stereocenters. The smallest absolute Gasteiger partial charge is 0.150 e. The van der Waals surface area contributed by atoms with Gasteiger partial charge in [0.2, 0.25) is 0 Å². The lowest BCUT2D eigenvalue weighted by Crippen LogP contribution is -2.39. The van der Waals surface area contributed by atoms with E-state index in [2.05, 4.69) is 6.92 Å². The Hall–Kier alpha value is -0.130. The van der Waals surface area contributed by atoms with Crippen molar-refractivity contribution in [2.75, 3.05) is 12.9 Å². The molecule has 1 aliphatic heterocycles. The third-order valence-corrected chi connectivity index (χ3v) is 6.50. The third kappa shape index (κ3) is 3.50. The molecule has 2 aliphatic rings. The predicted molar refractivity (Wildman–Crippen MR) is 74.7 cm³/mol. The van der Waals surface area contributed by atoms with Gasteiger partial charge in [-0.05, 0) is 38.0 Å². The van der Waals surface area contributed by atoms with Crippen molar-refractivity contribution in [1.29, 1.82) is 0 Å². The molecule has 0 spiro atoms. The second-order valence-electron chi connectivity index (χ2n) is 6.14. The molecular formula is C14H26O4S. The van der Waals surface area contributed by atoms with Gasteiger partial charge in [-0.1, -0.05) is 13.3 Å². The first kappa shape index (κ1) is 15.3. The largest absolute Gasteiger partial charge is 0.392 e. The summed E-state index contributed by atoms with van der Waals surface area (Å²) in [5.74, 6) is 0.308. The van der Waals surface area contributed by atoms with Gasteiger partial charge in [0.15, 0.2) is 0 Å². The van der Waals surface area contributed by atoms with Gasteiger partial charge >= 0.3 is 0 Å². The number of hydrogen-bond donors (Lipinski definition) is 1. The minimum Gasteiger partial charge on any atom is -0.392 e. The summed E-state index contributed by atoms with van der Waals surface area (Å²) in [7, 11) is -2.98. The molecule has 1 heterocycles. The van der Waals surface area contributed by atoms with E-state index in [0.29, 0.717) is 6.42 Å². The number of aliphatic hydroxyl groups excluding tert-OH is 1. The van der Waals surface area contributed by atoms with Gasteiger partial charge in [-0.25, -0.2) is 8.42 Å². The molecule has 112 valence electrons. The Labute approximate surface area is 116 Å². The molecule has 2 fully saturated rings. The van der Waals surface area contributed by atoms with E-state index in [1.54, 1.807) is 0 Å². The Kier molecular flexibility index (Phi) is 4.90. The van der Waals surface area contributed by atoms with Crippen molar-refractivity contribution in [1.82, 2.24) is 0 Å². The number of rotatable bonds is 4. The monoisotopic (exact) mass is 290 g/mol. The molecule has 0 radical (unpaired) electrons. The Morgan fingerprint density at radius 3 is 2.68 bits per heavy atom. The molecule has 0 aromatic heterocycles. The molecule has 1 aliphatic carbocycles. The van der Waals surface area contributed by atoms with Crippen LogP contribution in [0.15, 0.2) is 0 Å². The van der Waals surface area contributed by atoms with Crippen molar-refractivity contribution in [3.8, 4) is 0 Å². The van der Waals surface area contributed by atoms with Crippen LogP contribution in [-0.4, -0.2) is 43.8 Å². The number of hydrogen-bond acceptors (Lipinski definition) is 4. The van der Waals surface area contributed by atoms with Crippen LogP contribution in [0, 0.1) is 11.8 Å². The first-order valence-electron chi connectivity index (χ1n) is 7.42. The van der Waals surface area contributed by atoms with E-state index in [9.17, 15) is 13.5 Å². The first-order valence-corrected chi connectivity index (χ1v) is 9.37. The van der Waals surface area contributed by atoms with E-state index in [1.165, 1.54) is 6.26 Å². The molecule has 0 bridgehead atoms. The van der Waals surface area contributed by atoms with Gasteiger partial charge in [0, 0.05) is 18.8 Å². The number of ether oxygens (including phenoxy) is 1. The van der Waals surface area contributed by atoms with Crippen LogP contribution in [-0.2, 0) is 14.6 Å². The standard InChI is InChI=1S/C14H26O4S/c1-3-13-12(7-8-18-13)14(15)10-5-4-6-11(9-10)19(2,16)17/h10-15H,3-9H2,1-2H3. The molecule has 19 heavy (non-hydrogen) atoms. The van der Waals surface area contributed by atoms with Crippen LogP contribution < -0.4 is 0 Å². The highest BCUT2D eigenvalue weighted by molar-refractivity contribution is 7.91. The van der Waals surface area contributed by atoms with Crippen LogP contribution >= 0.6 is 0 Å². The number of aliphatic hydroxyl groups is 1. The average molecular weight is 290 g/mol. The molecule has 0 amide bonds. The topological polar surface area (TPSA) is 63.6 Å². The Morgan fingerprint density at radius 2 is 2.05 bits per heavy atom. The van der Waals surface area contributed by atoms with E-state index in [-0.39, 0.29) is 23.2 Å². The van der Waals surface area contributed by atoms with Crippen molar-refractivity contribution in [2.45, 2.75) is 62.9 Å². The second kappa shape index (κ2) is 6.10. The van der Waals surface area contributed by atoms with Crippen molar-refractivity contribution in [2.24, 2.45) is 11.8 Å². The fourth-order valence-corrected chi connectivity index (χ4v) is 4.90. The van der Waals surface area contributed by atoms with Gasteiger partial charge < -0.3 is 9.84 Å². The van der Waals surface area contributed by atoms with Crippen molar-refractivity contribution in [3.05, 3.63) is 0 Å². The van der Waals surface area contributed by atoms with Gasteiger partial charge in [-0.3, -0.25) is 0 Å². The van der Waals surface area contributed by atoms with Crippen molar-refractivity contribution in [3.63, 3.8) is 0 Å². The zero-order valence-corrected chi connectivity index (χ0v) is 12.7. The van der Waals surface area contributed by atoms with Crippen LogP contribution in [0.3, 0.4) is 0 Å². The van der Waals surface area contributed by atoms with Crippen LogP contribution in [0.5, 0.6) is 0 Å². The van der Waals surface area contributed by atoms with Crippen LogP contribution in [0.4, 0.5) is 0 Å². The lowest BCUT2D eigenvalue weighted by atomic mass is 9.78. The van der Waals surface area contributed by atoms with Crippen LogP contribution in [0.25, 0.3) is 0 Å². The maximum atomic E-state index is 11.7. The maximum Gasteiger partial charge on any atom is 0.150 e. The maximum absolute atomic E-state index is 11.7. The second-order valence-corrected chi connectivity index (χ2v) is 8.46. The van der Waals surface area contributed by atoms with Gasteiger partial charge in [-0.2, -0.15) is 0 Å². The SMILES string of the molecule is CCC1OCCC1C(O)C1CCCC(S(C)(=O)=O)C1. The Morgan fingerprint density at radius 1 is 1.32 bits per heavy atom. The van der Waals surface area contributed by atoms with Gasteiger partial charge in [0.05, 0.1) is 17.5 Å². The molecule has 1 saturated heterocycles. The lowest BCUT2D eigenvalue weighted by Gasteiger charge is -2.35. The summed E-state index contributed by atoms with van der Waals surface area (Å²) >= 11 is 0. The molecule has 5 unspecified atom stereocenters. The highest BCUT2D eigenvalue weighted by Crippen LogP contribution is 2.37. The van der Waals surface area contributed by atoms with Gasteiger partial charge in [0.25, 0.3) is 0 Å². The fraction of sp³-hybridized carbons (Fsp3) is 1.00. The summed E-state index contributed by atoms with van der Waals surface area (Å²) in [5, 5.41) is 10.3. The molecule has 4 nitrogen and oxygen atoms in total. The zero-order chi connectivity index (χ0) is 14.0. The minimum absolute atomic E-state index is 0.120.